The highest BCUT2D eigenvalue weighted by atomic mass is 17.3. The summed E-state index contributed by atoms with van der Waals surface area (Å²) in [5.41, 5.74) is 2.77. The van der Waals surface area contributed by atoms with Gasteiger partial charge in [0.2, 0.25) is 0 Å². The van der Waals surface area contributed by atoms with Gasteiger partial charge in [-0.1, -0.05) is 30.3 Å². The molecule has 0 radical (unpaired) electrons. The monoisotopic (exact) mass is 360 g/mol. The van der Waals surface area contributed by atoms with E-state index in [4.69, 9.17) is 14.5 Å². The topological polar surface area (TPSA) is 27.7 Å². The number of benzene rings is 2. The summed E-state index contributed by atoms with van der Waals surface area (Å²) in [6.07, 6.45) is 6.61. The van der Waals surface area contributed by atoms with Crippen LogP contribution in [-0.4, -0.2) is 5.60 Å². The predicted molar refractivity (Wildman–Crippen MR) is 100 cm³/mol. The van der Waals surface area contributed by atoms with Gasteiger partial charge in [0, 0.05) is 11.1 Å². The first-order chi connectivity index (χ1) is 13.2. The lowest BCUT2D eigenvalue weighted by Gasteiger charge is -2.70. The van der Waals surface area contributed by atoms with Gasteiger partial charge in [-0.15, -0.1) is 0 Å². The molecular formula is C24H24O3. The van der Waals surface area contributed by atoms with Crippen molar-refractivity contribution in [2.24, 2.45) is 23.7 Å². The van der Waals surface area contributed by atoms with Crippen molar-refractivity contribution in [1.29, 1.82) is 0 Å². The summed E-state index contributed by atoms with van der Waals surface area (Å²) in [6.45, 7) is 2.12. The smallest absolute Gasteiger partial charge is 0.193 e. The molecule has 0 amide bonds. The largest absolute Gasteiger partial charge is 0.457 e. The van der Waals surface area contributed by atoms with E-state index in [2.05, 4.69) is 49.4 Å². The zero-order valence-corrected chi connectivity index (χ0v) is 15.6. The van der Waals surface area contributed by atoms with Crippen LogP contribution in [0.1, 0.15) is 48.8 Å². The SMILES string of the molecule is Cc1ccc2c(c1)Oc1ccccc1C21OOC12C1CC3CC(C1)CC2C3. The van der Waals surface area contributed by atoms with Crippen LogP contribution in [0.3, 0.4) is 0 Å². The van der Waals surface area contributed by atoms with Gasteiger partial charge in [0.15, 0.2) is 5.60 Å². The third-order valence-electron chi connectivity index (χ3n) is 8.21. The van der Waals surface area contributed by atoms with Gasteiger partial charge in [0.1, 0.15) is 17.1 Å². The molecule has 4 bridgehead atoms. The van der Waals surface area contributed by atoms with E-state index in [1.807, 2.05) is 0 Å². The highest BCUT2D eigenvalue weighted by Gasteiger charge is 2.77. The molecular weight excluding hydrogens is 336 g/mol. The first-order valence-electron chi connectivity index (χ1n) is 10.5. The van der Waals surface area contributed by atoms with Crippen LogP contribution in [0, 0.1) is 30.6 Å². The molecule has 3 heteroatoms. The first kappa shape index (κ1) is 15.1. The van der Waals surface area contributed by atoms with Crippen molar-refractivity contribution < 1.29 is 14.5 Å². The summed E-state index contributed by atoms with van der Waals surface area (Å²) < 4.78 is 6.34. The van der Waals surface area contributed by atoms with E-state index in [9.17, 15) is 0 Å². The Bertz CT molecular complexity index is 936. The second-order valence-corrected chi connectivity index (χ2v) is 9.54. The van der Waals surface area contributed by atoms with Crippen molar-refractivity contribution in [3.05, 3.63) is 59.2 Å². The van der Waals surface area contributed by atoms with E-state index in [-0.39, 0.29) is 5.60 Å². The van der Waals surface area contributed by atoms with Crippen LogP contribution in [-0.2, 0) is 15.4 Å². The summed E-state index contributed by atoms with van der Waals surface area (Å²) in [7, 11) is 0. The maximum absolute atomic E-state index is 6.34. The van der Waals surface area contributed by atoms with Gasteiger partial charge in [-0.25, -0.2) is 9.78 Å². The first-order valence-corrected chi connectivity index (χ1v) is 10.5. The van der Waals surface area contributed by atoms with Crippen molar-refractivity contribution in [1.82, 2.24) is 0 Å². The normalized spacial score (nSPS) is 42.6. The van der Waals surface area contributed by atoms with Crippen LogP contribution in [0.2, 0.25) is 0 Å². The van der Waals surface area contributed by atoms with Crippen LogP contribution in [0.5, 0.6) is 11.5 Å². The minimum absolute atomic E-state index is 0.232. The summed E-state index contributed by atoms with van der Waals surface area (Å²) >= 11 is 0. The van der Waals surface area contributed by atoms with Crippen LogP contribution < -0.4 is 4.74 Å². The number of para-hydroxylation sites is 1. The predicted octanol–water partition coefficient (Wildman–Crippen LogP) is 5.50. The Labute approximate surface area is 159 Å². The molecule has 2 spiro atoms. The maximum atomic E-state index is 6.34. The molecule has 2 aromatic rings. The molecule has 1 saturated heterocycles. The highest BCUT2D eigenvalue weighted by Crippen LogP contribution is 2.73. The Morgan fingerprint density at radius 3 is 2.19 bits per heavy atom. The van der Waals surface area contributed by atoms with Crippen molar-refractivity contribution in [3.8, 4) is 11.5 Å². The molecule has 3 nitrogen and oxygen atoms in total. The zero-order valence-electron chi connectivity index (χ0n) is 15.6. The van der Waals surface area contributed by atoms with E-state index in [1.165, 1.54) is 37.7 Å². The van der Waals surface area contributed by atoms with Gasteiger partial charge < -0.3 is 4.74 Å². The summed E-state index contributed by atoms with van der Waals surface area (Å²) in [4.78, 5) is 12.5. The number of hydrogen-bond acceptors (Lipinski definition) is 3. The van der Waals surface area contributed by atoms with Crippen LogP contribution in [0.25, 0.3) is 0 Å². The fourth-order valence-electron chi connectivity index (χ4n) is 7.44. The average Bonchev–Trinajstić information content (AvgIpc) is 2.64. The molecule has 2 aromatic carbocycles. The number of rotatable bonds is 0. The lowest BCUT2D eigenvalue weighted by Crippen LogP contribution is -2.76. The third kappa shape index (κ3) is 1.60. The Hall–Kier alpha value is -1.84. The Kier molecular flexibility index (Phi) is 2.67. The van der Waals surface area contributed by atoms with Gasteiger partial charge >= 0.3 is 0 Å². The fraction of sp³-hybridized carbons (Fsp3) is 0.500. The van der Waals surface area contributed by atoms with Gasteiger partial charge in [-0.2, -0.15) is 0 Å². The zero-order chi connectivity index (χ0) is 17.8. The van der Waals surface area contributed by atoms with Crippen molar-refractivity contribution in [3.63, 3.8) is 0 Å². The van der Waals surface area contributed by atoms with E-state index < -0.39 is 5.60 Å². The fourth-order valence-corrected chi connectivity index (χ4v) is 7.44. The van der Waals surface area contributed by atoms with Gasteiger partial charge in [0.25, 0.3) is 0 Å². The summed E-state index contributed by atoms with van der Waals surface area (Å²) in [5, 5.41) is 0. The molecule has 0 N–H and O–H groups in total. The minimum atomic E-state index is -0.520. The van der Waals surface area contributed by atoms with Crippen molar-refractivity contribution in [2.45, 2.75) is 50.2 Å². The second-order valence-electron chi connectivity index (χ2n) is 9.54. The van der Waals surface area contributed by atoms with Crippen molar-refractivity contribution in [2.75, 3.05) is 0 Å². The number of ether oxygens (including phenoxy) is 1. The molecule has 0 aromatic heterocycles. The molecule has 138 valence electrons. The molecule has 8 rings (SSSR count). The minimum Gasteiger partial charge on any atom is -0.457 e. The Balaban J connectivity index is 1.51. The number of hydrogen-bond donors (Lipinski definition) is 0. The molecule has 5 fully saturated rings. The van der Waals surface area contributed by atoms with E-state index in [0.29, 0.717) is 11.8 Å². The second kappa shape index (κ2) is 4.76. The van der Waals surface area contributed by atoms with E-state index in [1.54, 1.807) is 0 Å². The Morgan fingerprint density at radius 2 is 1.48 bits per heavy atom. The van der Waals surface area contributed by atoms with Crippen LogP contribution >= 0.6 is 0 Å². The third-order valence-corrected chi connectivity index (χ3v) is 8.21. The molecule has 1 unspecified atom stereocenters. The standard InChI is InChI=1S/C24H24O3/c1-14-6-7-20-22(8-14)25-21-5-3-2-4-19(21)24(20)23(26-27-24)17-10-15-9-16(12-17)13-18(23)11-15/h2-8,15-18H,9-13H2,1H3. The molecule has 27 heavy (non-hydrogen) atoms. The van der Waals surface area contributed by atoms with E-state index in [0.717, 1.165) is 34.5 Å². The molecule has 4 aliphatic carbocycles. The maximum Gasteiger partial charge on any atom is 0.193 e. The van der Waals surface area contributed by atoms with Crippen LogP contribution in [0.15, 0.2) is 42.5 Å². The molecule has 2 heterocycles. The Morgan fingerprint density at radius 1 is 0.778 bits per heavy atom. The van der Waals surface area contributed by atoms with E-state index >= 15 is 0 Å². The van der Waals surface area contributed by atoms with Gasteiger partial charge in [-0.3, -0.25) is 0 Å². The van der Waals surface area contributed by atoms with Gasteiger partial charge in [0.05, 0.1) is 0 Å². The lowest BCUT2D eigenvalue weighted by molar-refractivity contribution is -0.583. The molecule has 4 saturated carbocycles. The summed E-state index contributed by atoms with van der Waals surface area (Å²) in [6, 6.07) is 15.0. The van der Waals surface area contributed by atoms with Crippen LogP contribution in [0.4, 0.5) is 0 Å². The molecule has 2 aliphatic heterocycles. The lowest BCUT2D eigenvalue weighted by atomic mass is 9.44. The molecule has 6 aliphatic rings. The number of fused-ring (bicyclic) bond motifs is 4. The summed E-state index contributed by atoms with van der Waals surface area (Å²) in [5.74, 6) is 4.82. The number of aryl methyl sites for hydroxylation is 1. The quantitative estimate of drug-likeness (QED) is 0.581. The average molecular weight is 360 g/mol. The van der Waals surface area contributed by atoms with Gasteiger partial charge in [-0.05, 0) is 80.4 Å². The van der Waals surface area contributed by atoms with Crippen molar-refractivity contribution >= 4 is 0 Å². The highest BCUT2D eigenvalue weighted by molar-refractivity contribution is 5.60. The molecule has 1 atom stereocenters.